The van der Waals surface area contributed by atoms with Crippen LogP contribution in [0.2, 0.25) is 10.0 Å². The second-order valence-electron chi connectivity index (χ2n) is 4.29. The molecule has 0 bridgehead atoms. The third-order valence-corrected chi connectivity index (χ3v) is 3.07. The summed E-state index contributed by atoms with van der Waals surface area (Å²) in [5.41, 5.74) is 0. The van der Waals surface area contributed by atoms with Crippen molar-refractivity contribution in [1.82, 2.24) is 4.90 Å². The van der Waals surface area contributed by atoms with Gasteiger partial charge in [0.05, 0.1) is 11.6 Å². The van der Waals surface area contributed by atoms with Crippen molar-refractivity contribution in [3.05, 3.63) is 28.2 Å². The number of likely N-dealkylation sites (N-methyl/N-ethyl adjacent to an activating group) is 1. The molecule has 6 heteroatoms. The molecule has 0 saturated carbocycles. The molecule has 0 aliphatic carbocycles. The second-order valence-corrected chi connectivity index (χ2v) is 5.14. The molecule has 0 radical (unpaired) electrons. The summed E-state index contributed by atoms with van der Waals surface area (Å²) in [6.07, 6.45) is -0.600. The number of benzene rings is 1. The predicted octanol–water partition coefficient (Wildman–Crippen LogP) is 2.31. The van der Waals surface area contributed by atoms with Crippen molar-refractivity contribution in [2.75, 3.05) is 40.5 Å². The molecule has 1 rings (SSSR count). The number of ether oxygens (including phenoxy) is 2. The van der Waals surface area contributed by atoms with E-state index in [4.69, 9.17) is 32.7 Å². The number of rotatable bonds is 8. The highest BCUT2D eigenvalue weighted by Crippen LogP contribution is 2.27. The van der Waals surface area contributed by atoms with E-state index in [1.165, 1.54) is 0 Å². The maximum atomic E-state index is 9.86. The Morgan fingerprint density at radius 3 is 2.79 bits per heavy atom. The summed E-state index contributed by atoms with van der Waals surface area (Å²) in [4.78, 5) is 1.97. The molecule has 108 valence electrons. The van der Waals surface area contributed by atoms with Crippen LogP contribution in [0.5, 0.6) is 5.75 Å². The van der Waals surface area contributed by atoms with Crippen molar-refractivity contribution in [3.63, 3.8) is 0 Å². The van der Waals surface area contributed by atoms with Gasteiger partial charge in [0.15, 0.2) is 0 Å². The Kier molecular flexibility index (Phi) is 7.49. The van der Waals surface area contributed by atoms with Crippen LogP contribution < -0.4 is 4.74 Å². The van der Waals surface area contributed by atoms with Gasteiger partial charge in [0.2, 0.25) is 0 Å². The van der Waals surface area contributed by atoms with Crippen molar-refractivity contribution in [3.8, 4) is 5.75 Å². The first-order valence-corrected chi connectivity index (χ1v) is 6.72. The average molecular weight is 308 g/mol. The van der Waals surface area contributed by atoms with E-state index in [0.29, 0.717) is 28.9 Å². The predicted molar refractivity (Wildman–Crippen MR) is 77.3 cm³/mol. The highest BCUT2D eigenvalue weighted by Gasteiger charge is 2.10. The molecule has 1 unspecified atom stereocenters. The van der Waals surface area contributed by atoms with Gasteiger partial charge in [0.1, 0.15) is 18.5 Å². The summed E-state index contributed by atoms with van der Waals surface area (Å²) in [6.45, 7) is 2.05. The molecule has 0 spiro atoms. The fourth-order valence-electron chi connectivity index (χ4n) is 1.52. The summed E-state index contributed by atoms with van der Waals surface area (Å²) < 4.78 is 10.4. The van der Waals surface area contributed by atoms with Gasteiger partial charge in [0.25, 0.3) is 0 Å². The molecule has 0 aliphatic rings. The van der Waals surface area contributed by atoms with Gasteiger partial charge in [-0.1, -0.05) is 23.2 Å². The largest absolute Gasteiger partial charge is 0.489 e. The SMILES string of the molecule is COCCN(C)CC(O)COc1cc(Cl)ccc1Cl. The number of aliphatic hydroxyl groups excluding tert-OH is 1. The van der Waals surface area contributed by atoms with Crippen molar-refractivity contribution in [2.24, 2.45) is 0 Å². The lowest BCUT2D eigenvalue weighted by molar-refractivity contribution is 0.0668. The Morgan fingerprint density at radius 2 is 2.11 bits per heavy atom. The molecule has 0 fully saturated rings. The maximum Gasteiger partial charge on any atom is 0.139 e. The van der Waals surface area contributed by atoms with Crippen LogP contribution in [-0.2, 0) is 4.74 Å². The van der Waals surface area contributed by atoms with Crippen LogP contribution in [0.4, 0.5) is 0 Å². The molecule has 1 aromatic carbocycles. The van der Waals surface area contributed by atoms with E-state index in [2.05, 4.69) is 0 Å². The first kappa shape index (κ1) is 16.5. The van der Waals surface area contributed by atoms with Crippen LogP contribution in [0.3, 0.4) is 0 Å². The molecule has 0 amide bonds. The van der Waals surface area contributed by atoms with Gasteiger partial charge in [-0.25, -0.2) is 0 Å². The Hall–Kier alpha value is -0.520. The molecular weight excluding hydrogens is 289 g/mol. The fourth-order valence-corrected chi connectivity index (χ4v) is 1.86. The van der Waals surface area contributed by atoms with Crippen LogP contribution in [-0.4, -0.2) is 56.6 Å². The van der Waals surface area contributed by atoms with E-state index in [1.54, 1.807) is 25.3 Å². The molecule has 1 N–H and O–H groups in total. The van der Waals surface area contributed by atoms with E-state index in [9.17, 15) is 5.11 Å². The van der Waals surface area contributed by atoms with Crippen LogP contribution >= 0.6 is 23.2 Å². The van der Waals surface area contributed by atoms with Crippen molar-refractivity contribution < 1.29 is 14.6 Å². The van der Waals surface area contributed by atoms with Crippen molar-refractivity contribution >= 4 is 23.2 Å². The zero-order valence-corrected chi connectivity index (χ0v) is 12.6. The number of halogens is 2. The Morgan fingerprint density at radius 1 is 1.37 bits per heavy atom. The lowest BCUT2D eigenvalue weighted by atomic mass is 10.3. The zero-order chi connectivity index (χ0) is 14.3. The van der Waals surface area contributed by atoms with Crippen LogP contribution in [0, 0.1) is 0 Å². The maximum absolute atomic E-state index is 9.86. The molecule has 19 heavy (non-hydrogen) atoms. The minimum absolute atomic E-state index is 0.164. The quantitative estimate of drug-likeness (QED) is 0.800. The minimum atomic E-state index is -0.600. The number of methoxy groups -OCH3 is 1. The van der Waals surface area contributed by atoms with Crippen LogP contribution in [0.25, 0.3) is 0 Å². The molecule has 0 aliphatic heterocycles. The van der Waals surface area contributed by atoms with E-state index in [1.807, 2.05) is 11.9 Å². The summed E-state index contributed by atoms with van der Waals surface area (Å²) in [6, 6.07) is 4.98. The van der Waals surface area contributed by atoms with E-state index < -0.39 is 6.10 Å². The second kappa shape index (κ2) is 8.61. The molecule has 1 atom stereocenters. The third-order valence-electron chi connectivity index (χ3n) is 2.52. The average Bonchev–Trinajstić information content (AvgIpc) is 2.37. The van der Waals surface area contributed by atoms with Gasteiger partial charge in [-0.3, -0.25) is 0 Å². The monoisotopic (exact) mass is 307 g/mol. The first-order chi connectivity index (χ1) is 9.02. The minimum Gasteiger partial charge on any atom is -0.489 e. The van der Waals surface area contributed by atoms with Gasteiger partial charge in [-0.15, -0.1) is 0 Å². The molecule has 0 aromatic heterocycles. The van der Waals surface area contributed by atoms with Crippen LogP contribution in [0.15, 0.2) is 18.2 Å². The number of nitrogens with zero attached hydrogens (tertiary/aromatic N) is 1. The van der Waals surface area contributed by atoms with E-state index >= 15 is 0 Å². The van der Waals surface area contributed by atoms with E-state index in [0.717, 1.165) is 6.54 Å². The lowest BCUT2D eigenvalue weighted by Crippen LogP contribution is -2.34. The molecule has 0 saturated heterocycles. The standard InChI is InChI=1S/C13H19Cl2NO3/c1-16(5-6-18-2)8-11(17)9-19-13-7-10(14)3-4-12(13)15/h3-4,7,11,17H,5-6,8-9H2,1-2H3. The zero-order valence-electron chi connectivity index (χ0n) is 11.1. The van der Waals surface area contributed by atoms with Crippen LogP contribution in [0.1, 0.15) is 0 Å². The molecular formula is C13H19Cl2NO3. The lowest BCUT2D eigenvalue weighted by Gasteiger charge is -2.20. The fraction of sp³-hybridized carbons (Fsp3) is 0.538. The van der Waals surface area contributed by atoms with Gasteiger partial charge in [0, 0.05) is 31.3 Å². The van der Waals surface area contributed by atoms with Gasteiger partial charge >= 0.3 is 0 Å². The highest BCUT2D eigenvalue weighted by molar-refractivity contribution is 6.34. The van der Waals surface area contributed by atoms with Gasteiger partial charge in [-0.05, 0) is 19.2 Å². The summed E-state index contributed by atoms with van der Waals surface area (Å²) in [5, 5.41) is 10.9. The third kappa shape index (κ3) is 6.45. The molecule has 0 heterocycles. The Balaban J connectivity index is 2.37. The van der Waals surface area contributed by atoms with Crippen molar-refractivity contribution in [2.45, 2.75) is 6.10 Å². The molecule has 4 nitrogen and oxygen atoms in total. The Labute approximate surface area is 123 Å². The number of hydrogen-bond acceptors (Lipinski definition) is 4. The number of hydrogen-bond donors (Lipinski definition) is 1. The summed E-state index contributed by atoms with van der Waals surface area (Å²) in [7, 11) is 3.56. The topological polar surface area (TPSA) is 41.9 Å². The first-order valence-electron chi connectivity index (χ1n) is 5.96. The molecule has 1 aromatic rings. The number of aliphatic hydroxyl groups is 1. The smallest absolute Gasteiger partial charge is 0.139 e. The summed E-state index contributed by atoms with van der Waals surface area (Å²) >= 11 is 11.8. The Bertz CT molecular complexity index is 390. The van der Waals surface area contributed by atoms with E-state index in [-0.39, 0.29) is 6.61 Å². The van der Waals surface area contributed by atoms with Crippen molar-refractivity contribution in [1.29, 1.82) is 0 Å². The normalized spacial score (nSPS) is 12.7. The van der Waals surface area contributed by atoms with Gasteiger partial charge < -0.3 is 19.5 Å². The highest BCUT2D eigenvalue weighted by atomic mass is 35.5. The summed E-state index contributed by atoms with van der Waals surface area (Å²) in [5.74, 6) is 0.479. The van der Waals surface area contributed by atoms with Gasteiger partial charge in [-0.2, -0.15) is 0 Å².